The van der Waals surface area contributed by atoms with E-state index in [4.69, 9.17) is 0 Å². The van der Waals surface area contributed by atoms with Gasteiger partial charge >= 0.3 is 0 Å². The number of carbonyl (C=O) groups is 2. The van der Waals surface area contributed by atoms with E-state index in [9.17, 15) is 9.59 Å². The predicted molar refractivity (Wildman–Crippen MR) is 102 cm³/mol. The average Bonchev–Trinajstić information content (AvgIpc) is 3.26. The molecule has 0 spiro atoms. The average molecular weight is 373 g/mol. The van der Waals surface area contributed by atoms with Gasteiger partial charge in [0.15, 0.2) is 0 Å². The van der Waals surface area contributed by atoms with Crippen molar-refractivity contribution in [3.05, 3.63) is 40.7 Å². The largest absolute Gasteiger partial charge is 0.355 e. The minimum Gasteiger partial charge on any atom is -0.355 e. The van der Waals surface area contributed by atoms with Crippen molar-refractivity contribution < 1.29 is 9.59 Å². The molecular weight excluding hydrogens is 350 g/mol. The van der Waals surface area contributed by atoms with Crippen molar-refractivity contribution in [1.82, 2.24) is 25.0 Å². The lowest BCUT2D eigenvalue weighted by molar-refractivity contribution is -0.120. The monoisotopic (exact) mass is 373 g/mol. The summed E-state index contributed by atoms with van der Waals surface area (Å²) < 4.78 is 4.84. The van der Waals surface area contributed by atoms with Gasteiger partial charge in [-0.25, -0.2) is 0 Å². The van der Waals surface area contributed by atoms with Gasteiger partial charge in [-0.1, -0.05) is 0 Å². The molecule has 138 valence electrons. The van der Waals surface area contributed by atoms with Gasteiger partial charge in [-0.05, 0) is 43.8 Å². The summed E-state index contributed by atoms with van der Waals surface area (Å²) in [6.45, 7) is 5.25. The molecule has 0 unspecified atom stereocenters. The summed E-state index contributed by atoms with van der Waals surface area (Å²) in [6, 6.07) is 5.86. The number of fused-ring (bicyclic) bond motifs is 1. The molecule has 0 fully saturated rings. The Morgan fingerprint density at radius 2 is 2.04 bits per heavy atom. The third-order valence-electron chi connectivity index (χ3n) is 4.28. The molecule has 0 saturated carbocycles. The topological polar surface area (TPSA) is 81.0 Å². The Morgan fingerprint density at radius 3 is 2.73 bits per heavy atom. The standard InChI is InChI=1S/C18H23N5O2S/c1-12-9-13(2)23(21-12)7-4-6-19-17(24)11-20-18(25)15-10-16-14(22(15)3)5-8-26-16/h5,8-10H,4,6-7,11H2,1-3H3,(H,19,24)(H,20,25). The van der Waals surface area contributed by atoms with Gasteiger partial charge in [0, 0.05) is 25.8 Å². The lowest BCUT2D eigenvalue weighted by Gasteiger charge is -2.08. The predicted octanol–water partition coefficient (Wildman–Crippen LogP) is 1.99. The molecule has 0 radical (unpaired) electrons. The number of nitrogens with one attached hydrogen (secondary N) is 2. The minimum atomic E-state index is -0.242. The number of hydrogen-bond donors (Lipinski definition) is 2. The Hall–Kier alpha value is -2.61. The summed E-state index contributed by atoms with van der Waals surface area (Å²) in [6.07, 6.45) is 0.787. The van der Waals surface area contributed by atoms with E-state index in [1.165, 1.54) is 0 Å². The first-order chi connectivity index (χ1) is 12.5. The summed E-state index contributed by atoms with van der Waals surface area (Å²) in [5.41, 5.74) is 3.69. The summed E-state index contributed by atoms with van der Waals surface area (Å²) >= 11 is 1.59. The van der Waals surface area contributed by atoms with Crippen LogP contribution < -0.4 is 10.6 Å². The lowest BCUT2D eigenvalue weighted by atomic mass is 10.3. The fraction of sp³-hybridized carbons (Fsp3) is 0.389. The van der Waals surface area contributed by atoms with Crippen molar-refractivity contribution >= 4 is 33.4 Å². The SMILES string of the molecule is Cc1cc(C)n(CCCNC(=O)CNC(=O)c2cc3sccc3n2C)n1. The Bertz CT molecular complexity index is 937. The van der Waals surface area contributed by atoms with Gasteiger partial charge in [0.1, 0.15) is 5.69 Å². The third-order valence-corrected chi connectivity index (χ3v) is 5.13. The normalized spacial score (nSPS) is 11.0. The first-order valence-corrected chi connectivity index (χ1v) is 9.42. The van der Waals surface area contributed by atoms with E-state index in [1.54, 1.807) is 11.3 Å². The van der Waals surface area contributed by atoms with Crippen LogP contribution in [0.2, 0.25) is 0 Å². The molecule has 8 heteroatoms. The minimum absolute atomic E-state index is 0.0302. The van der Waals surface area contributed by atoms with Gasteiger partial charge in [-0.2, -0.15) is 5.10 Å². The van der Waals surface area contributed by atoms with Crippen LogP contribution in [0, 0.1) is 13.8 Å². The smallest absolute Gasteiger partial charge is 0.268 e. The van der Waals surface area contributed by atoms with Crippen LogP contribution in [-0.2, 0) is 18.4 Å². The zero-order chi connectivity index (χ0) is 18.7. The molecule has 3 heterocycles. The highest BCUT2D eigenvalue weighted by Crippen LogP contribution is 2.23. The van der Waals surface area contributed by atoms with E-state index in [1.807, 2.05) is 53.7 Å². The van der Waals surface area contributed by atoms with Crippen LogP contribution in [0.15, 0.2) is 23.6 Å². The van der Waals surface area contributed by atoms with Gasteiger partial charge in [-0.15, -0.1) is 11.3 Å². The number of rotatable bonds is 7. The molecule has 0 aliphatic rings. The van der Waals surface area contributed by atoms with Crippen LogP contribution in [0.4, 0.5) is 0 Å². The number of nitrogens with zero attached hydrogens (tertiary/aromatic N) is 3. The number of hydrogen-bond acceptors (Lipinski definition) is 4. The number of thiophene rings is 1. The maximum Gasteiger partial charge on any atom is 0.268 e. The second-order valence-electron chi connectivity index (χ2n) is 6.30. The van der Waals surface area contributed by atoms with Crippen molar-refractivity contribution in [2.24, 2.45) is 7.05 Å². The van der Waals surface area contributed by atoms with E-state index in [2.05, 4.69) is 15.7 Å². The van der Waals surface area contributed by atoms with Gasteiger partial charge < -0.3 is 15.2 Å². The van der Waals surface area contributed by atoms with Crippen LogP contribution >= 0.6 is 11.3 Å². The van der Waals surface area contributed by atoms with Crippen LogP contribution in [0.1, 0.15) is 28.3 Å². The second-order valence-corrected chi connectivity index (χ2v) is 7.24. The van der Waals surface area contributed by atoms with Crippen molar-refractivity contribution in [2.45, 2.75) is 26.8 Å². The summed E-state index contributed by atoms with van der Waals surface area (Å²) in [5.74, 6) is -0.434. The number of amides is 2. The maximum absolute atomic E-state index is 12.3. The van der Waals surface area contributed by atoms with E-state index < -0.39 is 0 Å². The zero-order valence-electron chi connectivity index (χ0n) is 15.2. The highest BCUT2D eigenvalue weighted by Gasteiger charge is 2.14. The van der Waals surface area contributed by atoms with Crippen LogP contribution in [0.25, 0.3) is 10.2 Å². The number of aryl methyl sites for hydroxylation is 4. The summed E-state index contributed by atoms with van der Waals surface area (Å²) in [5, 5.41) is 11.9. The molecule has 0 saturated heterocycles. The van der Waals surface area contributed by atoms with E-state index in [0.717, 1.165) is 34.6 Å². The van der Waals surface area contributed by atoms with Gasteiger partial charge in [-0.3, -0.25) is 14.3 Å². The fourth-order valence-corrected chi connectivity index (χ4v) is 3.79. The molecule has 0 aliphatic carbocycles. The van der Waals surface area contributed by atoms with Crippen molar-refractivity contribution in [2.75, 3.05) is 13.1 Å². The Kier molecular flexibility index (Phi) is 5.41. The molecule has 0 bridgehead atoms. The third kappa shape index (κ3) is 3.96. The second kappa shape index (κ2) is 7.74. The van der Waals surface area contributed by atoms with E-state index in [0.29, 0.717) is 12.2 Å². The Balaban J connectivity index is 1.41. The van der Waals surface area contributed by atoms with E-state index >= 15 is 0 Å². The Morgan fingerprint density at radius 1 is 1.23 bits per heavy atom. The van der Waals surface area contributed by atoms with Crippen LogP contribution in [0.5, 0.6) is 0 Å². The number of carbonyl (C=O) groups excluding carboxylic acids is 2. The van der Waals surface area contributed by atoms with Crippen LogP contribution in [-0.4, -0.2) is 39.3 Å². The molecule has 0 aliphatic heterocycles. The van der Waals surface area contributed by atoms with Gasteiger partial charge in [0.2, 0.25) is 5.91 Å². The molecule has 26 heavy (non-hydrogen) atoms. The summed E-state index contributed by atoms with van der Waals surface area (Å²) in [7, 11) is 1.85. The molecule has 3 aromatic heterocycles. The quantitative estimate of drug-likeness (QED) is 0.622. The lowest BCUT2D eigenvalue weighted by Crippen LogP contribution is -2.38. The molecular formula is C18H23N5O2S. The molecule has 7 nitrogen and oxygen atoms in total. The number of aromatic nitrogens is 3. The van der Waals surface area contributed by atoms with E-state index in [-0.39, 0.29) is 18.4 Å². The van der Waals surface area contributed by atoms with Crippen molar-refractivity contribution in [1.29, 1.82) is 0 Å². The van der Waals surface area contributed by atoms with Crippen LogP contribution in [0.3, 0.4) is 0 Å². The van der Waals surface area contributed by atoms with Crippen molar-refractivity contribution in [3.63, 3.8) is 0 Å². The zero-order valence-corrected chi connectivity index (χ0v) is 16.0. The maximum atomic E-state index is 12.3. The molecule has 2 N–H and O–H groups in total. The van der Waals surface area contributed by atoms with Gasteiger partial charge in [0.25, 0.3) is 5.91 Å². The first-order valence-electron chi connectivity index (χ1n) is 8.54. The highest BCUT2D eigenvalue weighted by molar-refractivity contribution is 7.17. The summed E-state index contributed by atoms with van der Waals surface area (Å²) in [4.78, 5) is 24.2. The fourth-order valence-electron chi connectivity index (χ4n) is 2.94. The highest BCUT2D eigenvalue weighted by atomic mass is 32.1. The molecule has 3 aromatic rings. The Labute approximate surface area is 156 Å². The molecule has 0 atom stereocenters. The molecule has 0 aromatic carbocycles. The first kappa shape index (κ1) is 18.2. The molecule has 3 rings (SSSR count). The van der Waals surface area contributed by atoms with Crippen molar-refractivity contribution in [3.8, 4) is 0 Å². The van der Waals surface area contributed by atoms with Gasteiger partial charge in [0.05, 0.1) is 22.5 Å². The molecule has 2 amide bonds.